The lowest BCUT2D eigenvalue weighted by Crippen LogP contribution is -2.33. The molecule has 1 spiro atoms. The second-order valence-electron chi connectivity index (χ2n) is 4.56. The Labute approximate surface area is 90.7 Å². The molecule has 0 amide bonds. The zero-order chi connectivity index (χ0) is 9.31. The van der Waals surface area contributed by atoms with Crippen LogP contribution in [-0.2, 0) is 4.79 Å². The second-order valence-corrected chi connectivity index (χ2v) is 4.56. The molecule has 1 aliphatic heterocycles. The van der Waals surface area contributed by atoms with Crippen molar-refractivity contribution in [3.63, 3.8) is 0 Å². The van der Waals surface area contributed by atoms with Crippen LogP contribution in [0.3, 0.4) is 0 Å². The Bertz CT molecular complexity index is 214. The van der Waals surface area contributed by atoms with E-state index in [0.717, 1.165) is 32.4 Å². The smallest absolute Gasteiger partial charge is 0.306 e. The molecule has 2 N–H and O–H groups in total. The van der Waals surface area contributed by atoms with Crippen molar-refractivity contribution in [2.75, 3.05) is 13.1 Å². The van der Waals surface area contributed by atoms with E-state index in [0.29, 0.717) is 5.41 Å². The maximum absolute atomic E-state index is 10.9. The summed E-state index contributed by atoms with van der Waals surface area (Å²) in [6, 6.07) is 0. The highest BCUT2D eigenvalue weighted by Crippen LogP contribution is 2.43. The number of aliphatic carboxylic acids is 1. The molecule has 1 saturated heterocycles. The molecule has 0 aromatic rings. The van der Waals surface area contributed by atoms with E-state index in [1.807, 2.05) is 0 Å². The summed E-state index contributed by atoms with van der Waals surface area (Å²) >= 11 is 0. The highest BCUT2D eigenvalue weighted by molar-refractivity contribution is 5.85. The third-order valence-electron chi connectivity index (χ3n) is 3.62. The molecule has 1 aliphatic carbocycles. The van der Waals surface area contributed by atoms with Crippen LogP contribution in [0.15, 0.2) is 0 Å². The van der Waals surface area contributed by atoms with Crippen LogP contribution >= 0.6 is 12.4 Å². The minimum atomic E-state index is -0.592. The molecule has 2 atom stereocenters. The zero-order valence-corrected chi connectivity index (χ0v) is 9.11. The lowest BCUT2D eigenvalue weighted by atomic mass is 9.69. The van der Waals surface area contributed by atoms with Crippen molar-refractivity contribution >= 4 is 18.4 Å². The molecule has 0 radical (unpaired) electrons. The van der Waals surface area contributed by atoms with Gasteiger partial charge < -0.3 is 10.4 Å². The van der Waals surface area contributed by atoms with Gasteiger partial charge in [0.05, 0.1) is 5.92 Å². The summed E-state index contributed by atoms with van der Waals surface area (Å²) in [5.74, 6) is -0.667. The van der Waals surface area contributed by atoms with Gasteiger partial charge in [0.1, 0.15) is 0 Å². The van der Waals surface area contributed by atoms with Gasteiger partial charge in [0.15, 0.2) is 0 Å². The molecule has 14 heavy (non-hydrogen) atoms. The van der Waals surface area contributed by atoms with Crippen molar-refractivity contribution in [3.8, 4) is 0 Å². The van der Waals surface area contributed by atoms with Crippen LogP contribution in [0.2, 0.25) is 0 Å². The summed E-state index contributed by atoms with van der Waals surface area (Å²) in [5.41, 5.74) is 0.335. The quantitative estimate of drug-likeness (QED) is 0.705. The molecule has 2 unspecified atom stereocenters. The predicted octanol–water partition coefficient (Wildman–Crippen LogP) is 1.66. The summed E-state index contributed by atoms with van der Waals surface area (Å²) < 4.78 is 0. The maximum Gasteiger partial charge on any atom is 0.306 e. The number of hydrogen-bond acceptors (Lipinski definition) is 2. The van der Waals surface area contributed by atoms with Crippen molar-refractivity contribution in [1.29, 1.82) is 0 Å². The summed E-state index contributed by atoms with van der Waals surface area (Å²) in [7, 11) is 0. The Kier molecular flexibility index (Phi) is 3.78. The van der Waals surface area contributed by atoms with Crippen LogP contribution in [0.1, 0.15) is 32.1 Å². The standard InChI is InChI=1S/C10H17NO2.ClH/c12-9(13)8-2-1-3-10(6-8)4-5-11-7-10;/h8,11H,1-7H2,(H,12,13);1H. The summed E-state index contributed by atoms with van der Waals surface area (Å²) in [4.78, 5) is 10.9. The van der Waals surface area contributed by atoms with Crippen molar-refractivity contribution in [3.05, 3.63) is 0 Å². The van der Waals surface area contributed by atoms with Crippen molar-refractivity contribution < 1.29 is 9.90 Å². The van der Waals surface area contributed by atoms with E-state index in [2.05, 4.69) is 5.32 Å². The number of rotatable bonds is 1. The lowest BCUT2D eigenvalue weighted by molar-refractivity contribution is -0.144. The van der Waals surface area contributed by atoms with Gasteiger partial charge in [-0.15, -0.1) is 12.4 Å². The van der Waals surface area contributed by atoms with Crippen LogP contribution in [-0.4, -0.2) is 24.2 Å². The van der Waals surface area contributed by atoms with E-state index in [1.165, 1.54) is 12.8 Å². The third-order valence-corrected chi connectivity index (χ3v) is 3.62. The fourth-order valence-corrected chi connectivity index (χ4v) is 2.84. The molecule has 3 nitrogen and oxygen atoms in total. The minimum absolute atomic E-state index is 0. The molecule has 1 saturated carbocycles. The number of hydrogen-bond donors (Lipinski definition) is 2. The van der Waals surface area contributed by atoms with E-state index >= 15 is 0 Å². The van der Waals surface area contributed by atoms with Crippen LogP contribution in [0, 0.1) is 11.3 Å². The van der Waals surface area contributed by atoms with Gasteiger partial charge in [-0.05, 0) is 37.6 Å². The van der Waals surface area contributed by atoms with Crippen molar-refractivity contribution in [2.45, 2.75) is 32.1 Å². The topological polar surface area (TPSA) is 49.3 Å². The Morgan fingerprint density at radius 1 is 1.43 bits per heavy atom. The molecule has 0 aromatic heterocycles. The van der Waals surface area contributed by atoms with Crippen LogP contribution < -0.4 is 5.32 Å². The van der Waals surface area contributed by atoms with Crippen LogP contribution in [0.25, 0.3) is 0 Å². The van der Waals surface area contributed by atoms with Gasteiger partial charge in [0, 0.05) is 6.54 Å². The van der Waals surface area contributed by atoms with Crippen LogP contribution in [0.4, 0.5) is 0 Å². The lowest BCUT2D eigenvalue weighted by Gasteiger charge is -2.35. The van der Waals surface area contributed by atoms with Gasteiger partial charge >= 0.3 is 5.97 Å². The molecule has 2 rings (SSSR count). The van der Waals surface area contributed by atoms with Gasteiger partial charge in [-0.3, -0.25) is 4.79 Å². The average molecular weight is 220 g/mol. The van der Waals surface area contributed by atoms with Crippen molar-refractivity contribution in [1.82, 2.24) is 5.32 Å². The number of halogens is 1. The summed E-state index contributed by atoms with van der Waals surface area (Å²) in [5, 5.41) is 12.3. The zero-order valence-electron chi connectivity index (χ0n) is 8.29. The normalized spacial score (nSPS) is 36.7. The van der Waals surface area contributed by atoms with Crippen LogP contribution in [0.5, 0.6) is 0 Å². The molecule has 0 bridgehead atoms. The first-order valence-electron chi connectivity index (χ1n) is 5.15. The van der Waals surface area contributed by atoms with Gasteiger partial charge in [-0.1, -0.05) is 6.42 Å². The molecular weight excluding hydrogens is 202 g/mol. The van der Waals surface area contributed by atoms with Gasteiger partial charge in [-0.25, -0.2) is 0 Å². The highest BCUT2D eigenvalue weighted by Gasteiger charge is 2.40. The molecular formula is C10H18ClNO2. The second kappa shape index (κ2) is 4.49. The number of nitrogens with one attached hydrogen (secondary N) is 1. The minimum Gasteiger partial charge on any atom is -0.481 e. The van der Waals surface area contributed by atoms with Gasteiger partial charge in [-0.2, -0.15) is 0 Å². The monoisotopic (exact) mass is 219 g/mol. The van der Waals surface area contributed by atoms with Crippen molar-refractivity contribution in [2.24, 2.45) is 11.3 Å². The Morgan fingerprint density at radius 2 is 2.21 bits per heavy atom. The first kappa shape index (κ1) is 11.8. The van der Waals surface area contributed by atoms with E-state index in [9.17, 15) is 4.79 Å². The van der Waals surface area contributed by atoms with E-state index in [-0.39, 0.29) is 18.3 Å². The number of carboxylic acids is 1. The van der Waals surface area contributed by atoms with E-state index in [4.69, 9.17) is 5.11 Å². The molecule has 0 aromatic carbocycles. The Balaban J connectivity index is 0.000000980. The fourth-order valence-electron chi connectivity index (χ4n) is 2.84. The molecule has 2 fully saturated rings. The third kappa shape index (κ3) is 2.20. The molecule has 82 valence electrons. The first-order chi connectivity index (χ1) is 6.22. The van der Waals surface area contributed by atoms with E-state index < -0.39 is 5.97 Å². The summed E-state index contributed by atoms with van der Waals surface area (Å²) in [6.45, 7) is 2.11. The van der Waals surface area contributed by atoms with Gasteiger partial charge in [0.25, 0.3) is 0 Å². The number of carbonyl (C=O) groups is 1. The first-order valence-corrected chi connectivity index (χ1v) is 5.15. The highest BCUT2D eigenvalue weighted by atomic mass is 35.5. The molecule has 2 aliphatic rings. The van der Waals surface area contributed by atoms with Gasteiger partial charge in [0.2, 0.25) is 0 Å². The predicted molar refractivity (Wildman–Crippen MR) is 56.8 cm³/mol. The summed E-state index contributed by atoms with van der Waals surface area (Å²) in [6.07, 6.45) is 5.28. The Morgan fingerprint density at radius 3 is 2.79 bits per heavy atom. The fraction of sp³-hybridized carbons (Fsp3) is 0.900. The maximum atomic E-state index is 10.9. The SMILES string of the molecule is Cl.O=C(O)C1CCCC2(CCNC2)C1. The van der Waals surface area contributed by atoms with E-state index in [1.54, 1.807) is 0 Å². The molecule has 1 heterocycles. The number of carboxylic acid groups (broad SMARTS) is 1. The average Bonchev–Trinajstić information content (AvgIpc) is 2.53. The largest absolute Gasteiger partial charge is 0.481 e. The Hall–Kier alpha value is -0.280. The molecule has 4 heteroatoms.